The Morgan fingerprint density at radius 2 is 2.00 bits per heavy atom. The van der Waals surface area contributed by atoms with E-state index in [1.165, 1.54) is 37.7 Å². The van der Waals surface area contributed by atoms with Crippen molar-refractivity contribution in [1.82, 2.24) is 20.4 Å². The second kappa shape index (κ2) is 6.74. The number of benzene rings is 1. The highest BCUT2D eigenvalue weighted by Gasteiger charge is 2.34. The van der Waals surface area contributed by atoms with Gasteiger partial charge in [0.1, 0.15) is 0 Å². The molecular weight excluding hydrogens is 348 g/mol. The lowest BCUT2D eigenvalue weighted by Crippen LogP contribution is -2.57. The molecule has 1 N–H and O–H groups in total. The first-order valence-corrected chi connectivity index (χ1v) is 9.17. The number of rotatable bonds is 4. The summed E-state index contributed by atoms with van der Waals surface area (Å²) < 4.78 is 5.12. The lowest BCUT2D eigenvalue weighted by molar-refractivity contribution is 0.0620. The predicted molar refractivity (Wildman–Crippen MR) is 90.3 cm³/mol. The third kappa shape index (κ3) is 3.43. The van der Waals surface area contributed by atoms with Crippen LogP contribution in [-0.4, -0.2) is 46.7 Å². The minimum atomic E-state index is -0.00821. The molecule has 4 heterocycles. The Bertz CT molecular complexity index is 728. The summed E-state index contributed by atoms with van der Waals surface area (Å²) in [5, 5.41) is 11.0. The number of fused-ring (bicyclic) bond motifs is 3. The first-order valence-electron chi connectivity index (χ1n) is 7.97. The molecule has 24 heavy (non-hydrogen) atoms. The first-order chi connectivity index (χ1) is 11.7. The van der Waals surface area contributed by atoms with Gasteiger partial charge in [0, 0.05) is 23.0 Å². The Morgan fingerprint density at radius 1 is 1.25 bits per heavy atom. The predicted octanol–water partition coefficient (Wildman–Crippen LogP) is 2.70. The van der Waals surface area contributed by atoms with Crippen molar-refractivity contribution < 1.29 is 9.21 Å². The molecule has 5 rings (SSSR count). The van der Waals surface area contributed by atoms with E-state index >= 15 is 0 Å². The Hall–Kier alpha value is -1.57. The summed E-state index contributed by atoms with van der Waals surface area (Å²) in [6, 6.07) is 7.64. The number of nitrogens with zero attached hydrogens (tertiary/aromatic N) is 3. The van der Waals surface area contributed by atoms with Crippen LogP contribution in [0.5, 0.6) is 0 Å². The average Bonchev–Trinajstić information content (AvgIpc) is 3.01. The van der Waals surface area contributed by atoms with E-state index in [0.717, 1.165) is 11.4 Å². The van der Waals surface area contributed by atoms with Crippen molar-refractivity contribution in [3.05, 3.63) is 35.2 Å². The highest BCUT2D eigenvalue weighted by atomic mass is 35.5. The number of hydrogen-bond donors (Lipinski definition) is 1. The second-order valence-corrected chi connectivity index (χ2v) is 7.51. The van der Waals surface area contributed by atoms with E-state index in [4.69, 9.17) is 16.0 Å². The van der Waals surface area contributed by atoms with Crippen LogP contribution in [0.3, 0.4) is 0 Å². The lowest BCUT2D eigenvalue weighted by atomic mass is 9.84. The van der Waals surface area contributed by atoms with Crippen LogP contribution in [-0.2, 0) is 0 Å². The van der Waals surface area contributed by atoms with Crippen molar-refractivity contribution in [2.45, 2.75) is 29.0 Å². The molecule has 6 nitrogen and oxygen atoms in total. The largest absolute Gasteiger partial charge is 0.402 e. The summed E-state index contributed by atoms with van der Waals surface area (Å²) in [5.41, 5.74) is 0.666. The molecule has 3 aliphatic heterocycles. The fourth-order valence-electron chi connectivity index (χ4n) is 3.39. The van der Waals surface area contributed by atoms with Crippen LogP contribution in [0.4, 0.5) is 0 Å². The first kappa shape index (κ1) is 15.9. The average molecular weight is 365 g/mol. The van der Waals surface area contributed by atoms with Gasteiger partial charge in [0.2, 0.25) is 0 Å². The number of amides is 1. The summed E-state index contributed by atoms with van der Waals surface area (Å²) in [4.78, 5) is 15.8. The van der Waals surface area contributed by atoms with E-state index in [9.17, 15) is 4.79 Å². The van der Waals surface area contributed by atoms with Gasteiger partial charge in [-0.3, -0.25) is 4.79 Å². The zero-order valence-electron chi connectivity index (χ0n) is 12.9. The molecule has 0 unspecified atom stereocenters. The standard InChI is InChI=1S/C16H17ClN4O2S/c17-15-19-20-16(23-15)24-12-3-1-11(2-4-12)14(22)18-13-9-21-7-5-10(13)6-8-21/h1-4,10,13H,5-9H2,(H,18,22)/t13-/m0/s1. The summed E-state index contributed by atoms with van der Waals surface area (Å²) in [7, 11) is 0. The molecule has 2 bridgehead atoms. The zero-order chi connectivity index (χ0) is 16.5. The minimum absolute atomic E-state index is 0.00821. The number of piperidine rings is 3. The molecule has 1 atom stereocenters. The molecule has 126 valence electrons. The van der Waals surface area contributed by atoms with Crippen LogP contribution in [0, 0.1) is 5.92 Å². The van der Waals surface area contributed by atoms with Crippen molar-refractivity contribution in [3.63, 3.8) is 0 Å². The number of carbonyl (C=O) groups is 1. The van der Waals surface area contributed by atoms with Crippen molar-refractivity contribution in [3.8, 4) is 0 Å². The van der Waals surface area contributed by atoms with Gasteiger partial charge >= 0.3 is 5.35 Å². The molecule has 0 saturated carbocycles. The number of hydrogen-bond acceptors (Lipinski definition) is 6. The molecule has 0 spiro atoms. The molecule has 2 aromatic rings. The van der Waals surface area contributed by atoms with Crippen LogP contribution in [0.15, 0.2) is 38.8 Å². The second-order valence-electron chi connectivity index (χ2n) is 6.17. The van der Waals surface area contributed by atoms with E-state index in [-0.39, 0.29) is 17.3 Å². The molecular formula is C16H17ClN4O2S. The normalized spacial score (nSPS) is 25.6. The van der Waals surface area contributed by atoms with Crippen LogP contribution < -0.4 is 5.32 Å². The van der Waals surface area contributed by atoms with Gasteiger partial charge in [-0.05, 0) is 79.5 Å². The smallest absolute Gasteiger partial charge is 0.313 e. The van der Waals surface area contributed by atoms with Crippen LogP contribution in [0.2, 0.25) is 5.35 Å². The number of nitrogens with one attached hydrogen (secondary N) is 1. The molecule has 1 aromatic heterocycles. The summed E-state index contributed by atoms with van der Waals surface area (Å²) in [6.45, 7) is 3.31. The molecule has 1 amide bonds. The molecule has 0 radical (unpaired) electrons. The number of aromatic nitrogens is 2. The number of halogens is 1. The van der Waals surface area contributed by atoms with Crippen molar-refractivity contribution in [2.24, 2.45) is 5.92 Å². The zero-order valence-corrected chi connectivity index (χ0v) is 14.5. The third-order valence-corrected chi connectivity index (χ3v) is 5.68. The van der Waals surface area contributed by atoms with Crippen LogP contribution >= 0.6 is 23.4 Å². The summed E-state index contributed by atoms with van der Waals surface area (Å²) >= 11 is 6.91. The highest BCUT2D eigenvalue weighted by molar-refractivity contribution is 7.99. The maximum absolute atomic E-state index is 12.5. The summed E-state index contributed by atoms with van der Waals surface area (Å²) in [6.07, 6.45) is 2.38. The van der Waals surface area contributed by atoms with Crippen molar-refractivity contribution >= 4 is 29.3 Å². The fraction of sp³-hybridized carbons (Fsp3) is 0.438. The van der Waals surface area contributed by atoms with E-state index in [0.29, 0.717) is 16.7 Å². The number of carbonyl (C=O) groups excluding carboxylic acids is 1. The van der Waals surface area contributed by atoms with Crippen molar-refractivity contribution in [1.29, 1.82) is 0 Å². The molecule has 8 heteroatoms. The van der Waals surface area contributed by atoms with Gasteiger partial charge in [0.15, 0.2) is 0 Å². The maximum atomic E-state index is 12.5. The van der Waals surface area contributed by atoms with Gasteiger partial charge in [-0.2, -0.15) is 0 Å². The van der Waals surface area contributed by atoms with E-state index in [1.807, 2.05) is 24.3 Å². The minimum Gasteiger partial charge on any atom is -0.402 e. The topological polar surface area (TPSA) is 71.3 Å². The fourth-order valence-corrected chi connectivity index (χ4v) is 4.22. The molecule has 3 aliphatic rings. The van der Waals surface area contributed by atoms with Gasteiger partial charge in [-0.25, -0.2) is 0 Å². The maximum Gasteiger partial charge on any atom is 0.313 e. The summed E-state index contributed by atoms with van der Waals surface area (Å²) in [5.74, 6) is 0.613. The van der Waals surface area contributed by atoms with E-state index in [2.05, 4.69) is 20.4 Å². The highest BCUT2D eigenvalue weighted by Crippen LogP contribution is 2.29. The Morgan fingerprint density at radius 3 is 2.58 bits per heavy atom. The monoisotopic (exact) mass is 364 g/mol. The van der Waals surface area contributed by atoms with Gasteiger partial charge in [-0.15, -0.1) is 0 Å². The molecule has 1 aromatic carbocycles. The van der Waals surface area contributed by atoms with Gasteiger partial charge < -0.3 is 14.6 Å². The molecule has 3 saturated heterocycles. The SMILES string of the molecule is O=C(N[C@H]1CN2CCC1CC2)c1ccc(Sc2nnc(Cl)o2)cc1. The lowest BCUT2D eigenvalue weighted by Gasteiger charge is -2.44. The Balaban J connectivity index is 1.38. The van der Waals surface area contributed by atoms with Crippen LogP contribution in [0.25, 0.3) is 0 Å². The molecule has 3 fully saturated rings. The molecule has 0 aliphatic carbocycles. The van der Waals surface area contributed by atoms with Crippen molar-refractivity contribution in [2.75, 3.05) is 19.6 Å². The van der Waals surface area contributed by atoms with E-state index < -0.39 is 0 Å². The third-order valence-electron chi connectivity index (χ3n) is 4.68. The van der Waals surface area contributed by atoms with Gasteiger partial charge in [0.25, 0.3) is 11.1 Å². The van der Waals surface area contributed by atoms with E-state index in [1.54, 1.807) is 0 Å². The Labute approximate surface area is 148 Å². The van der Waals surface area contributed by atoms with Crippen LogP contribution in [0.1, 0.15) is 23.2 Å². The quantitative estimate of drug-likeness (QED) is 0.899. The van der Waals surface area contributed by atoms with Gasteiger partial charge in [-0.1, -0.05) is 10.2 Å². The van der Waals surface area contributed by atoms with Gasteiger partial charge in [0.05, 0.1) is 0 Å². The Kier molecular flexibility index (Phi) is 4.47.